The highest BCUT2D eigenvalue weighted by atomic mass is 16.6. The summed E-state index contributed by atoms with van der Waals surface area (Å²) < 4.78 is 11.5. The van der Waals surface area contributed by atoms with E-state index in [0.717, 1.165) is 38.0 Å². The number of ether oxygens (including phenoxy) is 2. The molecule has 0 N–H and O–H groups in total. The van der Waals surface area contributed by atoms with Gasteiger partial charge in [-0.25, -0.2) is 0 Å². The summed E-state index contributed by atoms with van der Waals surface area (Å²) in [6, 6.07) is 0. The Morgan fingerprint density at radius 1 is 1.03 bits per heavy atom. The highest BCUT2D eigenvalue weighted by molar-refractivity contribution is 5.72. The van der Waals surface area contributed by atoms with Crippen molar-refractivity contribution in [3.8, 4) is 0 Å². The zero-order valence-electron chi connectivity index (χ0n) is 26.2. The molecule has 0 aliphatic heterocycles. The molecule has 0 saturated heterocycles. The van der Waals surface area contributed by atoms with Gasteiger partial charge in [0.15, 0.2) is 0 Å². The van der Waals surface area contributed by atoms with E-state index in [1.807, 2.05) is 27.7 Å². The molecule has 3 aliphatic rings. The number of fused-ring (bicyclic) bond motifs is 1. The minimum atomic E-state index is -0.396. The minimum Gasteiger partial charge on any atom is -0.462 e. The lowest BCUT2D eigenvalue weighted by atomic mass is 9.60. The van der Waals surface area contributed by atoms with Crippen LogP contribution in [0.1, 0.15) is 126 Å². The fraction of sp³-hybridized carbons (Fsp3) is 0.771. The van der Waals surface area contributed by atoms with Gasteiger partial charge in [0.25, 0.3) is 0 Å². The molecule has 0 aromatic heterocycles. The smallest absolute Gasteiger partial charge is 0.308 e. The molecule has 0 bridgehead atoms. The van der Waals surface area contributed by atoms with E-state index in [0.29, 0.717) is 17.3 Å². The Balaban J connectivity index is 1.62. The molecule has 4 nitrogen and oxygen atoms in total. The van der Waals surface area contributed by atoms with Crippen molar-refractivity contribution in [3.63, 3.8) is 0 Å². The first kappa shape index (κ1) is 31.7. The number of carbonyl (C=O) groups is 2. The number of rotatable bonds is 10. The zero-order valence-corrected chi connectivity index (χ0v) is 26.2. The fourth-order valence-corrected chi connectivity index (χ4v) is 7.49. The first-order chi connectivity index (χ1) is 18.2. The van der Waals surface area contributed by atoms with Gasteiger partial charge in [-0.3, -0.25) is 9.59 Å². The molecule has 39 heavy (non-hydrogen) atoms. The van der Waals surface area contributed by atoms with Crippen LogP contribution >= 0.6 is 0 Å². The molecule has 0 aromatic rings. The van der Waals surface area contributed by atoms with E-state index in [4.69, 9.17) is 9.47 Å². The van der Waals surface area contributed by atoms with Crippen LogP contribution in [0.2, 0.25) is 0 Å². The third-order valence-corrected chi connectivity index (χ3v) is 9.93. The predicted octanol–water partition coefficient (Wildman–Crippen LogP) is 9.15. The average molecular weight is 541 g/mol. The van der Waals surface area contributed by atoms with E-state index >= 15 is 0 Å². The minimum absolute atomic E-state index is 0.0257. The lowest BCUT2D eigenvalue weighted by molar-refractivity contribution is -0.161. The summed E-state index contributed by atoms with van der Waals surface area (Å²) in [5, 5.41) is 0. The molecule has 4 heteroatoms. The van der Waals surface area contributed by atoms with Crippen molar-refractivity contribution in [1.29, 1.82) is 0 Å². The molecule has 0 amide bonds. The van der Waals surface area contributed by atoms with Crippen LogP contribution in [0, 0.1) is 35.0 Å². The average Bonchev–Trinajstić information content (AvgIpc) is 3.21. The van der Waals surface area contributed by atoms with Gasteiger partial charge in [-0.2, -0.15) is 0 Å². The Labute approximate surface area is 239 Å². The first-order valence-corrected chi connectivity index (χ1v) is 15.7. The van der Waals surface area contributed by atoms with Gasteiger partial charge in [0, 0.05) is 6.42 Å². The number of carbonyl (C=O) groups excluding carboxylic acids is 2. The van der Waals surface area contributed by atoms with Crippen LogP contribution in [0.15, 0.2) is 35.5 Å². The maximum atomic E-state index is 12.1. The van der Waals surface area contributed by atoms with Crippen molar-refractivity contribution >= 4 is 11.9 Å². The Morgan fingerprint density at radius 2 is 1.72 bits per heavy atom. The fourth-order valence-electron chi connectivity index (χ4n) is 7.49. The van der Waals surface area contributed by atoms with Crippen LogP contribution in [0.25, 0.3) is 0 Å². The summed E-state index contributed by atoms with van der Waals surface area (Å²) in [5.74, 6) is 1.71. The highest BCUT2D eigenvalue weighted by Crippen LogP contribution is 2.60. The van der Waals surface area contributed by atoms with E-state index in [1.54, 1.807) is 5.57 Å². The summed E-state index contributed by atoms with van der Waals surface area (Å²) in [6.45, 7) is 21.0. The topological polar surface area (TPSA) is 52.6 Å². The van der Waals surface area contributed by atoms with Gasteiger partial charge in [0.1, 0.15) is 11.7 Å². The molecule has 0 radical (unpaired) electrons. The molecule has 3 rings (SSSR count). The molecule has 3 aliphatic carbocycles. The summed E-state index contributed by atoms with van der Waals surface area (Å²) in [4.78, 5) is 24.2. The molecule has 220 valence electrons. The van der Waals surface area contributed by atoms with Crippen LogP contribution in [0.4, 0.5) is 0 Å². The Morgan fingerprint density at radius 3 is 2.38 bits per heavy atom. The SMILES string of the molecule is C=C1CC[C@H](OC(=O)C(C)C)CC1=CC=C1CCC[C@@]2(C)[C@@H]1CC[C@@H]2[C@H](C)CCCC(C)(C)OC(=O)C(C)C. The van der Waals surface area contributed by atoms with Gasteiger partial charge < -0.3 is 9.47 Å². The second kappa shape index (κ2) is 13.2. The van der Waals surface area contributed by atoms with Crippen LogP contribution < -0.4 is 0 Å². The molecule has 0 heterocycles. The van der Waals surface area contributed by atoms with Gasteiger partial charge in [0.05, 0.1) is 11.8 Å². The standard InChI is InChI=1S/C35H56O4/c1-23(2)32(36)38-29-17-14-25(5)28(22-29)16-15-27-13-11-21-35(9)30(18-19-31(27)35)26(6)12-10-20-34(7,8)39-33(37)24(3)4/h15-16,23-24,26,29-31H,5,10-14,17-22H2,1-4,6-9H3/t26-,29+,30-,31-,35-/m1/s1. The monoisotopic (exact) mass is 540 g/mol. The molecule has 0 aromatic carbocycles. The van der Waals surface area contributed by atoms with Crippen molar-refractivity contribution in [2.45, 2.75) is 138 Å². The van der Waals surface area contributed by atoms with Gasteiger partial charge in [-0.15, -0.1) is 0 Å². The molecule has 3 fully saturated rings. The van der Waals surface area contributed by atoms with Crippen molar-refractivity contribution < 1.29 is 19.1 Å². The third-order valence-electron chi connectivity index (χ3n) is 9.93. The molecular weight excluding hydrogens is 484 g/mol. The first-order valence-electron chi connectivity index (χ1n) is 15.7. The summed E-state index contributed by atoms with van der Waals surface area (Å²) in [6.07, 6.45) is 16.8. The molecular formula is C35H56O4. The predicted molar refractivity (Wildman–Crippen MR) is 160 cm³/mol. The summed E-state index contributed by atoms with van der Waals surface area (Å²) in [5.41, 5.74) is 4.03. The molecule has 0 spiro atoms. The third kappa shape index (κ3) is 8.10. The quantitative estimate of drug-likeness (QED) is 0.259. The van der Waals surface area contributed by atoms with Crippen LogP contribution in [-0.4, -0.2) is 23.6 Å². The lowest BCUT2D eigenvalue weighted by Crippen LogP contribution is -2.36. The van der Waals surface area contributed by atoms with Gasteiger partial charge in [-0.05, 0) is 100 Å². The van der Waals surface area contributed by atoms with Crippen molar-refractivity contribution in [3.05, 3.63) is 35.5 Å². The number of esters is 2. The summed E-state index contributed by atoms with van der Waals surface area (Å²) in [7, 11) is 0. The van der Waals surface area contributed by atoms with Gasteiger partial charge in [-0.1, -0.05) is 77.8 Å². The van der Waals surface area contributed by atoms with Crippen LogP contribution in [-0.2, 0) is 19.1 Å². The lowest BCUT2D eigenvalue weighted by Gasteiger charge is -2.44. The van der Waals surface area contributed by atoms with E-state index < -0.39 is 5.60 Å². The van der Waals surface area contributed by atoms with Crippen molar-refractivity contribution in [2.75, 3.05) is 0 Å². The Kier molecular flexibility index (Phi) is 10.7. The maximum Gasteiger partial charge on any atom is 0.308 e. The number of hydrogen-bond donors (Lipinski definition) is 0. The van der Waals surface area contributed by atoms with E-state index in [-0.39, 0.29) is 29.9 Å². The number of hydrogen-bond acceptors (Lipinski definition) is 4. The van der Waals surface area contributed by atoms with E-state index in [2.05, 4.69) is 46.4 Å². The van der Waals surface area contributed by atoms with Crippen LogP contribution in [0.3, 0.4) is 0 Å². The highest BCUT2D eigenvalue weighted by Gasteiger charge is 2.50. The van der Waals surface area contributed by atoms with Crippen molar-refractivity contribution in [1.82, 2.24) is 0 Å². The number of allylic oxidation sites excluding steroid dienone is 4. The molecule has 3 saturated carbocycles. The van der Waals surface area contributed by atoms with Crippen LogP contribution in [0.5, 0.6) is 0 Å². The van der Waals surface area contributed by atoms with Gasteiger partial charge >= 0.3 is 11.9 Å². The van der Waals surface area contributed by atoms with E-state index in [1.165, 1.54) is 49.7 Å². The second-order valence-electron chi connectivity index (χ2n) is 14.3. The van der Waals surface area contributed by atoms with Gasteiger partial charge in [0.2, 0.25) is 0 Å². The molecule has 0 unspecified atom stereocenters. The summed E-state index contributed by atoms with van der Waals surface area (Å²) >= 11 is 0. The van der Waals surface area contributed by atoms with E-state index in [9.17, 15) is 9.59 Å². The second-order valence-corrected chi connectivity index (χ2v) is 14.3. The molecule has 5 atom stereocenters. The zero-order chi connectivity index (χ0) is 29.0. The van der Waals surface area contributed by atoms with Crippen molar-refractivity contribution in [2.24, 2.45) is 35.0 Å². The largest absolute Gasteiger partial charge is 0.462 e. The maximum absolute atomic E-state index is 12.1. The Bertz CT molecular complexity index is 952. The Hall–Kier alpha value is -1.84. The normalized spacial score (nSPS) is 30.6.